The van der Waals surface area contributed by atoms with Crippen molar-refractivity contribution < 1.29 is 4.74 Å². The van der Waals surface area contributed by atoms with Crippen LogP contribution in [0.25, 0.3) is 10.9 Å². The van der Waals surface area contributed by atoms with Gasteiger partial charge in [-0.1, -0.05) is 12.1 Å². The molecule has 19 heavy (non-hydrogen) atoms. The standard InChI is InChI=1S/C16H16N2O/c1-19-14-7-5-13(6-8-14)18-11-12-3-2-4-16-15(12)9-10-17-16/h2-10,17-18H,11H2,1H3. The summed E-state index contributed by atoms with van der Waals surface area (Å²) in [6, 6.07) is 16.4. The van der Waals surface area contributed by atoms with Crippen LogP contribution in [0, 0.1) is 0 Å². The van der Waals surface area contributed by atoms with Gasteiger partial charge in [0.05, 0.1) is 7.11 Å². The van der Waals surface area contributed by atoms with Crippen molar-refractivity contribution in [1.29, 1.82) is 0 Å². The molecule has 3 heteroatoms. The molecule has 0 aliphatic heterocycles. The van der Waals surface area contributed by atoms with E-state index in [1.165, 1.54) is 16.5 Å². The largest absolute Gasteiger partial charge is 0.497 e. The average molecular weight is 252 g/mol. The van der Waals surface area contributed by atoms with Crippen LogP contribution in [0.5, 0.6) is 5.75 Å². The molecule has 0 amide bonds. The number of aromatic nitrogens is 1. The van der Waals surface area contributed by atoms with Gasteiger partial charge in [0.1, 0.15) is 5.75 Å². The lowest BCUT2D eigenvalue weighted by Gasteiger charge is -2.08. The summed E-state index contributed by atoms with van der Waals surface area (Å²) in [7, 11) is 1.68. The molecule has 0 radical (unpaired) electrons. The van der Waals surface area contributed by atoms with Crippen LogP contribution < -0.4 is 10.1 Å². The summed E-state index contributed by atoms with van der Waals surface area (Å²) in [6.07, 6.45) is 1.97. The van der Waals surface area contributed by atoms with E-state index in [0.29, 0.717) is 0 Å². The second-order valence-electron chi connectivity index (χ2n) is 4.44. The van der Waals surface area contributed by atoms with Gasteiger partial charge in [0.25, 0.3) is 0 Å². The highest BCUT2D eigenvalue weighted by Gasteiger charge is 2.01. The quantitative estimate of drug-likeness (QED) is 0.741. The van der Waals surface area contributed by atoms with E-state index in [9.17, 15) is 0 Å². The van der Waals surface area contributed by atoms with Crippen LogP contribution in [0.3, 0.4) is 0 Å². The van der Waals surface area contributed by atoms with Crippen molar-refractivity contribution in [3.63, 3.8) is 0 Å². The van der Waals surface area contributed by atoms with Crippen LogP contribution in [0.4, 0.5) is 5.69 Å². The van der Waals surface area contributed by atoms with Gasteiger partial charge in [-0.15, -0.1) is 0 Å². The Balaban J connectivity index is 1.76. The topological polar surface area (TPSA) is 37.0 Å². The van der Waals surface area contributed by atoms with E-state index in [4.69, 9.17) is 4.74 Å². The summed E-state index contributed by atoms with van der Waals surface area (Å²) in [5, 5.41) is 4.69. The number of rotatable bonds is 4. The first-order valence-electron chi connectivity index (χ1n) is 6.30. The molecule has 3 nitrogen and oxygen atoms in total. The van der Waals surface area contributed by atoms with Crippen molar-refractivity contribution in [3.8, 4) is 5.75 Å². The Bertz CT molecular complexity index is 671. The van der Waals surface area contributed by atoms with Gasteiger partial charge in [0, 0.05) is 29.3 Å². The van der Waals surface area contributed by atoms with E-state index in [-0.39, 0.29) is 0 Å². The molecule has 96 valence electrons. The number of aromatic amines is 1. The first-order valence-corrected chi connectivity index (χ1v) is 6.30. The number of nitrogens with one attached hydrogen (secondary N) is 2. The molecule has 1 aromatic heterocycles. The zero-order valence-corrected chi connectivity index (χ0v) is 10.8. The molecule has 0 unspecified atom stereocenters. The minimum absolute atomic E-state index is 0.807. The first-order chi connectivity index (χ1) is 9.36. The fourth-order valence-corrected chi connectivity index (χ4v) is 2.21. The summed E-state index contributed by atoms with van der Waals surface area (Å²) in [5.41, 5.74) is 3.55. The van der Waals surface area contributed by atoms with Crippen molar-refractivity contribution in [3.05, 3.63) is 60.3 Å². The van der Waals surface area contributed by atoms with E-state index >= 15 is 0 Å². The number of hydrogen-bond donors (Lipinski definition) is 2. The maximum Gasteiger partial charge on any atom is 0.119 e. The highest BCUT2D eigenvalue weighted by Crippen LogP contribution is 2.20. The van der Waals surface area contributed by atoms with E-state index in [1.807, 2.05) is 30.5 Å². The molecule has 0 aliphatic carbocycles. The summed E-state index contributed by atoms with van der Waals surface area (Å²) >= 11 is 0. The van der Waals surface area contributed by atoms with Crippen molar-refractivity contribution in [2.75, 3.05) is 12.4 Å². The number of H-pyrrole nitrogens is 1. The lowest BCUT2D eigenvalue weighted by Crippen LogP contribution is -1.99. The minimum atomic E-state index is 0.807. The molecule has 0 saturated carbocycles. The van der Waals surface area contributed by atoms with Gasteiger partial charge in [0.15, 0.2) is 0 Å². The van der Waals surface area contributed by atoms with Gasteiger partial charge in [-0.05, 0) is 42.0 Å². The van der Waals surface area contributed by atoms with Gasteiger partial charge in [-0.2, -0.15) is 0 Å². The summed E-state index contributed by atoms with van der Waals surface area (Å²) in [6.45, 7) is 0.807. The van der Waals surface area contributed by atoms with Crippen LogP contribution in [-0.4, -0.2) is 12.1 Å². The summed E-state index contributed by atoms with van der Waals surface area (Å²) in [4.78, 5) is 3.23. The van der Waals surface area contributed by atoms with Crippen molar-refractivity contribution in [2.45, 2.75) is 6.54 Å². The number of fused-ring (bicyclic) bond motifs is 1. The SMILES string of the molecule is COc1ccc(NCc2cccc3[nH]ccc23)cc1. The molecule has 2 N–H and O–H groups in total. The monoisotopic (exact) mass is 252 g/mol. The third-order valence-electron chi connectivity index (χ3n) is 3.26. The number of anilines is 1. The number of hydrogen-bond acceptors (Lipinski definition) is 2. The Labute approximate surface area is 112 Å². The Morgan fingerprint density at radius 1 is 1.05 bits per heavy atom. The molecule has 0 fully saturated rings. The fourth-order valence-electron chi connectivity index (χ4n) is 2.21. The van der Waals surface area contributed by atoms with Crippen LogP contribution in [0.1, 0.15) is 5.56 Å². The zero-order valence-electron chi connectivity index (χ0n) is 10.8. The highest BCUT2D eigenvalue weighted by atomic mass is 16.5. The summed E-state index contributed by atoms with van der Waals surface area (Å²) in [5.74, 6) is 0.873. The Kier molecular flexibility index (Phi) is 3.11. The fraction of sp³-hybridized carbons (Fsp3) is 0.125. The average Bonchev–Trinajstić information content (AvgIpc) is 2.94. The number of ether oxygens (including phenoxy) is 1. The molecule has 0 atom stereocenters. The van der Waals surface area contributed by atoms with Gasteiger partial charge >= 0.3 is 0 Å². The van der Waals surface area contributed by atoms with Gasteiger partial charge in [0.2, 0.25) is 0 Å². The van der Waals surface area contributed by atoms with Gasteiger partial charge < -0.3 is 15.0 Å². The highest BCUT2D eigenvalue weighted by molar-refractivity contribution is 5.83. The smallest absolute Gasteiger partial charge is 0.119 e. The molecule has 0 saturated heterocycles. The summed E-state index contributed by atoms with van der Waals surface area (Å²) < 4.78 is 5.15. The third kappa shape index (κ3) is 2.40. The molecule has 0 aliphatic rings. The van der Waals surface area contributed by atoms with Crippen LogP contribution in [0.15, 0.2) is 54.7 Å². The van der Waals surface area contributed by atoms with Crippen LogP contribution in [0.2, 0.25) is 0 Å². The number of methoxy groups -OCH3 is 1. The number of benzene rings is 2. The van der Waals surface area contributed by atoms with Crippen molar-refractivity contribution in [1.82, 2.24) is 4.98 Å². The van der Waals surface area contributed by atoms with Crippen LogP contribution >= 0.6 is 0 Å². The zero-order chi connectivity index (χ0) is 13.1. The first kappa shape index (κ1) is 11.7. The minimum Gasteiger partial charge on any atom is -0.497 e. The molecule has 3 aromatic rings. The van der Waals surface area contributed by atoms with E-state index in [0.717, 1.165) is 18.0 Å². The predicted octanol–water partition coefficient (Wildman–Crippen LogP) is 3.79. The lowest BCUT2D eigenvalue weighted by molar-refractivity contribution is 0.415. The van der Waals surface area contributed by atoms with Crippen LogP contribution in [-0.2, 0) is 6.54 Å². The lowest BCUT2D eigenvalue weighted by atomic mass is 10.1. The van der Waals surface area contributed by atoms with E-state index < -0.39 is 0 Å². The molecular weight excluding hydrogens is 236 g/mol. The maximum atomic E-state index is 5.15. The van der Waals surface area contributed by atoms with Gasteiger partial charge in [-0.25, -0.2) is 0 Å². The maximum absolute atomic E-state index is 5.15. The van der Waals surface area contributed by atoms with Gasteiger partial charge in [-0.3, -0.25) is 0 Å². The van der Waals surface area contributed by atoms with Crippen molar-refractivity contribution in [2.24, 2.45) is 0 Å². The predicted molar refractivity (Wildman–Crippen MR) is 78.6 cm³/mol. The Morgan fingerprint density at radius 2 is 1.89 bits per heavy atom. The molecule has 0 spiro atoms. The third-order valence-corrected chi connectivity index (χ3v) is 3.26. The molecule has 3 rings (SSSR count). The molecule has 1 heterocycles. The van der Waals surface area contributed by atoms with E-state index in [2.05, 4.69) is 34.6 Å². The normalized spacial score (nSPS) is 10.6. The Morgan fingerprint density at radius 3 is 2.68 bits per heavy atom. The molecule has 0 bridgehead atoms. The second kappa shape index (κ2) is 5.06. The molecule has 2 aromatic carbocycles. The van der Waals surface area contributed by atoms with Crippen molar-refractivity contribution >= 4 is 16.6 Å². The van der Waals surface area contributed by atoms with E-state index in [1.54, 1.807) is 7.11 Å². The second-order valence-corrected chi connectivity index (χ2v) is 4.44. The molecular formula is C16H16N2O. The Hall–Kier alpha value is -2.42.